The molecule has 0 nitrogen and oxygen atoms in total. The van der Waals surface area contributed by atoms with Gasteiger partial charge in [0.1, 0.15) is 0 Å². The third-order valence-corrected chi connectivity index (χ3v) is 2.67. The first kappa shape index (κ1) is 6.90. The first-order chi connectivity index (χ1) is 5.21. The van der Waals surface area contributed by atoms with Crippen molar-refractivity contribution >= 4 is 0 Å². The SMILES string of the molecule is Cc1[c]cc(C2(C)CC2)cc1. The van der Waals surface area contributed by atoms with Gasteiger partial charge in [-0.1, -0.05) is 25.1 Å². The second-order valence-corrected chi connectivity index (χ2v) is 3.82. The molecule has 0 bridgehead atoms. The molecule has 1 aliphatic carbocycles. The summed E-state index contributed by atoms with van der Waals surface area (Å²) in [5, 5.41) is 0. The van der Waals surface area contributed by atoms with Gasteiger partial charge in [-0.25, -0.2) is 0 Å². The minimum Gasteiger partial charge on any atom is -0.0584 e. The molecule has 1 aliphatic rings. The lowest BCUT2D eigenvalue weighted by molar-refractivity contribution is 0.787. The van der Waals surface area contributed by atoms with Crippen LogP contribution in [0.15, 0.2) is 18.2 Å². The van der Waals surface area contributed by atoms with Gasteiger partial charge in [-0.05, 0) is 42.4 Å². The summed E-state index contributed by atoms with van der Waals surface area (Å²) in [5.41, 5.74) is 3.20. The normalized spacial score (nSPS) is 19.8. The highest BCUT2D eigenvalue weighted by Crippen LogP contribution is 2.47. The second-order valence-electron chi connectivity index (χ2n) is 3.82. The first-order valence-electron chi connectivity index (χ1n) is 4.20. The summed E-state index contributed by atoms with van der Waals surface area (Å²) >= 11 is 0. The molecule has 1 aromatic rings. The van der Waals surface area contributed by atoms with E-state index in [4.69, 9.17) is 0 Å². The van der Waals surface area contributed by atoms with Crippen molar-refractivity contribution < 1.29 is 0 Å². The van der Waals surface area contributed by atoms with Crippen molar-refractivity contribution in [2.24, 2.45) is 0 Å². The van der Waals surface area contributed by atoms with Crippen LogP contribution in [0.1, 0.15) is 30.9 Å². The van der Waals surface area contributed by atoms with Gasteiger partial charge in [0.2, 0.25) is 0 Å². The van der Waals surface area contributed by atoms with Crippen molar-refractivity contribution in [1.29, 1.82) is 0 Å². The van der Waals surface area contributed by atoms with Gasteiger partial charge in [-0.3, -0.25) is 0 Å². The Labute approximate surface area is 68.3 Å². The van der Waals surface area contributed by atoms with Crippen LogP contribution in [0.2, 0.25) is 0 Å². The molecule has 0 aliphatic heterocycles. The monoisotopic (exact) mass is 145 g/mol. The Morgan fingerprint density at radius 1 is 1.36 bits per heavy atom. The molecule has 0 N–H and O–H groups in total. The molecule has 1 aromatic carbocycles. The van der Waals surface area contributed by atoms with Crippen LogP contribution < -0.4 is 0 Å². The Morgan fingerprint density at radius 3 is 2.55 bits per heavy atom. The summed E-state index contributed by atoms with van der Waals surface area (Å²) in [4.78, 5) is 0. The quantitative estimate of drug-likeness (QED) is 0.570. The predicted molar refractivity (Wildman–Crippen MR) is 46.6 cm³/mol. The molecule has 0 atom stereocenters. The largest absolute Gasteiger partial charge is 0.0584 e. The summed E-state index contributed by atoms with van der Waals surface area (Å²) in [5.74, 6) is 0. The van der Waals surface area contributed by atoms with E-state index in [-0.39, 0.29) is 0 Å². The minimum absolute atomic E-state index is 0.504. The van der Waals surface area contributed by atoms with Crippen LogP contribution in [0.5, 0.6) is 0 Å². The van der Waals surface area contributed by atoms with Gasteiger partial charge in [0.05, 0.1) is 0 Å². The summed E-state index contributed by atoms with van der Waals surface area (Å²) in [6.45, 7) is 4.41. The van der Waals surface area contributed by atoms with E-state index in [1.165, 1.54) is 24.0 Å². The summed E-state index contributed by atoms with van der Waals surface area (Å²) < 4.78 is 0. The first-order valence-corrected chi connectivity index (χ1v) is 4.20. The Bertz CT molecular complexity index is 252. The molecular weight excluding hydrogens is 132 g/mol. The zero-order valence-corrected chi connectivity index (χ0v) is 7.15. The number of hydrogen-bond acceptors (Lipinski definition) is 0. The molecule has 1 radical (unpaired) electrons. The van der Waals surface area contributed by atoms with Crippen molar-refractivity contribution in [2.45, 2.75) is 32.1 Å². The average Bonchev–Trinajstić information content (AvgIpc) is 2.70. The number of aryl methyl sites for hydroxylation is 1. The van der Waals surface area contributed by atoms with E-state index in [9.17, 15) is 0 Å². The lowest BCUT2D eigenvalue weighted by Gasteiger charge is -2.07. The number of hydrogen-bond donors (Lipinski definition) is 0. The van der Waals surface area contributed by atoms with E-state index >= 15 is 0 Å². The molecule has 0 amide bonds. The number of benzene rings is 1. The lowest BCUT2D eigenvalue weighted by Crippen LogP contribution is -1.98. The molecule has 0 saturated heterocycles. The molecule has 11 heavy (non-hydrogen) atoms. The third-order valence-electron chi connectivity index (χ3n) is 2.67. The Morgan fingerprint density at radius 2 is 2.09 bits per heavy atom. The van der Waals surface area contributed by atoms with Crippen LogP contribution in [-0.4, -0.2) is 0 Å². The summed E-state index contributed by atoms with van der Waals surface area (Å²) in [6.07, 6.45) is 2.70. The van der Waals surface area contributed by atoms with Gasteiger partial charge >= 0.3 is 0 Å². The van der Waals surface area contributed by atoms with E-state index in [2.05, 4.69) is 38.1 Å². The molecule has 0 spiro atoms. The third kappa shape index (κ3) is 1.18. The Balaban J connectivity index is 2.33. The molecule has 1 fully saturated rings. The van der Waals surface area contributed by atoms with Crippen LogP contribution in [-0.2, 0) is 5.41 Å². The maximum absolute atomic E-state index is 3.25. The smallest absolute Gasteiger partial charge is 0.00744 e. The Hall–Kier alpha value is -0.780. The average molecular weight is 145 g/mol. The molecule has 0 heterocycles. The Kier molecular flexibility index (Phi) is 1.32. The molecular formula is C11H13. The van der Waals surface area contributed by atoms with Crippen molar-refractivity contribution in [3.63, 3.8) is 0 Å². The van der Waals surface area contributed by atoms with Crippen molar-refractivity contribution in [3.8, 4) is 0 Å². The fourth-order valence-corrected chi connectivity index (χ4v) is 1.35. The fourth-order valence-electron chi connectivity index (χ4n) is 1.35. The van der Waals surface area contributed by atoms with Gasteiger partial charge < -0.3 is 0 Å². The highest BCUT2D eigenvalue weighted by atomic mass is 14.4. The van der Waals surface area contributed by atoms with Gasteiger partial charge in [-0.15, -0.1) is 0 Å². The van der Waals surface area contributed by atoms with Crippen molar-refractivity contribution in [1.82, 2.24) is 0 Å². The summed E-state index contributed by atoms with van der Waals surface area (Å²) in [6, 6.07) is 9.77. The van der Waals surface area contributed by atoms with E-state index in [1.54, 1.807) is 0 Å². The fraction of sp³-hybridized carbons (Fsp3) is 0.455. The molecule has 0 aromatic heterocycles. The zero-order chi connectivity index (χ0) is 7.90. The van der Waals surface area contributed by atoms with Crippen LogP contribution in [0.3, 0.4) is 0 Å². The topological polar surface area (TPSA) is 0 Å². The predicted octanol–water partition coefficient (Wildman–Crippen LogP) is 2.85. The van der Waals surface area contributed by atoms with E-state index in [0.29, 0.717) is 5.41 Å². The van der Waals surface area contributed by atoms with Gasteiger partial charge in [0.25, 0.3) is 0 Å². The molecule has 0 unspecified atom stereocenters. The highest BCUT2D eigenvalue weighted by molar-refractivity contribution is 5.31. The maximum atomic E-state index is 3.25. The lowest BCUT2D eigenvalue weighted by atomic mass is 9.98. The maximum Gasteiger partial charge on any atom is -0.00744 e. The second kappa shape index (κ2) is 2.10. The molecule has 2 rings (SSSR count). The van der Waals surface area contributed by atoms with Crippen molar-refractivity contribution in [3.05, 3.63) is 35.4 Å². The van der Waals surface area contributed by atoms with Gasteiger partial charge in [0.15, 0.2) is 0 Å². The summed E-state index contributed by atoms with van der Waals surface area (Å²) in [7, 11) is 0. The van der Waals surface area contributed by atoms with E-state index < -0.39 is 0 Å². The van der Waals surface area contributed by atoms with E-state index in [1.807, 2.05) is 0 Å². The van der Waals surface area contributed by atoms with Crippen LogP contribution in [0.4, 0.5) is 0 Å². The molecule has 1 saturated carbocycles. The van der Waals surface area contributed by atoms with Gasteiger partial charge in [0, 0.05) is 0 Å². The minimum atomic E-state index is 0.504. The van der Waals surface area contributed by atoms with Crippen LogP contribution >= 0.6 is 0 Å². The van der Waals surface area contributed by atoms with Crippen LogP contribution in [0, 0.1) is 13.0 Å². The zero-order valence-electron chi connectivity index (χ0n) is 7.15. The molecule has 0 heteroatoms. The van der Waals surface area contributed by atoms with E-state index in [0.717, 1.165) is 0 Å². The standard InChI is InChI=1S/C11H13/c1-9-3-5-10(6-4-9)11(2)7-8-11/h3,5-6H,7-8H2,1-2H3. The number of rotatable bonds is 1. The van der Waals surface area contributed by atoms with Crippen LogP contribution in [0.25, 0.3) is 0 Å². The molecule has 57 valence electrons. The van der Waals surface area contributed by atoms with Crippen molar-refractivity contribution in [2.75, 3.05) is 0 Å². The highest BCUT2D eigenvalue weighted by Gasteiger charge is 2.38. The van der Waals surface area contributed by atoms with Gasteiger partial charge in [-0.2, -0.15) is 0 Å².